The molecule has 0 unspecified atom stereocenters. The average molecular weight is 303 g/mol. The highest BCUT2D eigenvalue weighted by Gasteiger charge is 2.12. The Morgan fingerprint density at radius 1 is 1.52 bits per heavy atom. The molecule has 0 aliphatic carbocycles. The fourth-order valence-corrected chi connectivity index (χ4v) is 2.38. The van der Waals surface area contributed by atoms with Crippen LogP contribution in [0, 0.1) is 24.6 Å². The van der Waals surface area contributed by atoms with Gasteiger partial charge in [0, 0.05) is 16.6 Å². The first kappa shape index (κ1) is 15.2. The summed E-state index contributed by atoms with van der Waals surface area (Å²) in [6.07, 6.45) is 0. The number of thiazole rings is 1. The molecule has 0 saturated heterocycles. The van der Waals surface area contributed by atoms with E-state index in [-0.39, 0.29) is 18.7 Å². The molecule has 1 aromatic heterocycles. The molecule has 0 bridgehead atoms. The molecule has 21 heavy (non-hydrogen) atoms. The molecule has 0 aliphatic rings. The number of amides is 1. The molecule has 1 heterocycles. The van der Waals surface area contributed by atoms with Gasteiger partial charge in [-0.1, -0.05) is 11.8 Å². The topological polar surface area (TPSA) is 68.0 Å². The van der Waals surface area contributed by atoms with Gasteiger partial charge in [-0.05, 0) is 25.1 Å². The van der Waals surface area contributed by atoms with Gasteiger partial charge in [-0.2, -0.15) is 0 Å². The van der Waals surface area contributed by atoms with E-state index in [4.69, 9.17) is 5.73 Å². The third kappa shape index (κ3) is 4.12. The minimum Gasteiger partial charge on any atom is -0.345 e. The van der Waals surface area contributed by atoms with E-state index >= 15 is 0 Å². The van der Waals surface area contributed by atoms with E-state index < -0.39 is 11.7 Å². The number of carbonyl (C=O) groups excluding carboxylic acids is 1. The highest BCUT2D eigenvalue weighted by Crippen LogP contribution is 2.12. The van der Waals surface area contributed by atoms with Gasteiger partial charge in [0.15, 0.2) is 0 Å². The molecule has 2 rings (SSSR count). The predicted molar refractivity (Wildman–Crippen MR) is 80.4 cm³/mol. The first-order valence-electron chi connectivity index (χ1n) is 6.28. The van der Waals surface area contributed by atoms with Crippen LogP contribution in [0.3, 0.4) is 0 Å². The Morgan fingerprint density at radius 3 is 3.00 bits per heavy atom. The highest BCUT2D eigenvalue weighted by molar-refractivity contribution is 7.09. The Kier molecular flexibility index (Phi) is 5.04. The molecular weight excluding hydrogens is 289 g/mol. The Morgan fingerprint density at radius 2 is 2.33 bits per heavy atom. The summed E-state index contributed by atoms with van der Waals surface area (Å²) < 4.78 is 13.7. The lowest BCUT2D eigenvalue weighted by Crippen LogP contribution is -2.23. The number of rotatable bonds is 3. The lowest BCUT2D eigenvalue weighted by Gasteiger charge is -2.05. The Bertz CT molecular complexity index is 715. The summed E-state index contributed by atoms with van der Waals surface area (Å²) in [5.41, 5.74) is 6.70. The van der Waals surface area contributed by atoms with Gasteiger partial charge >= 0.3 is 0 Å². The first-order chi connectivity index (χ1) is 10.1. The maximum absolute atomic E-state index is 13.7. The number of nitrogens with zero attached hydrogens (tertiary/aromatic N) is 1. The number of hydrogen-bond donors (Lipinski definition) is 2. The lowest BCUT2D eigenvalue weighted by atomic mass is 10.1. The van der Waals surface area contributed by atoms with E-state index in [1.165, 1.54) is 29.5 Å². The van der Waals surface area contributed by atoms with E-state index in [0.29, 0.717) is 5.56 Å². The van der Waals surface area contributed by atoms with Crippen molar-refractivity contribution in [2.45, 2.75) is 13.5 Å². The summed E-state index contributed by atoms with van der Waals surface area (Å²) in [7, 11) is 0. The van der Waals surface area contributed by atoms with Crippen molar-refractivity contribution >= 4 is 17.2 Å². The van der Waals surface area contributed by atoms with Crippen LogP contribution in [0.1, 0.15) is 26.6 Å². The van der Waals surface area contributed by atoms with Gasteiger partial charge < -0.3 is 11.1 Å². The molecule has 4 nitrogen and oxygen atoms in total. The standard InChI is InChI=1S/C15H14FN3OS/c1-10-9-21-14(19-10)8-18-15(20)12-7-11(3-2-6-17)4-5-13(12)16/h4-5,7,9H,6,8,17H2,1H3,(H,18,20). The normalized spacial score (nSPS) is 9.86. The van der Waals surface area contributed by atoms with Gasteiger partial charge in [-0.3, -0.25) is 4.79 Å². The molecular formula is C15H14FN3OS. The minimum absolute atomic E-state index is 0.0351. The van der Waals surface area contributed by atoms with Crippen molar-refractivity contribution in [1.29, 1.82) is 0 Å². The molecule has 0 radical (unpaired) electrons. The molecule has 3 N–H and O–H groups in total. The van der Waals surface area contributed by atoms with Gasteiger partial charge in [0.25, 0.3) is 5.91 Å². The summed E-state index contributed by atoms with van der Waals surface area (Å²) in [5, 5.41) is 5.32. The van der Waals surface area contributed by atoms with Crippen molar-refractivity contribution in [1.82, 2.24) is 10.3 Å². The van der Waals surface area contributed by atoms with Crippen LogP contribution in [0.25, 0.3) is 0 Å². The second-order valence-electron chi connectivity index (χ2n) is 4.27. The molecule has 108 valence electrons. The maximum atomic E-state index is 13.7. The summed E-state index contributed by atoms with van der Waals surface area (Å²) >= 11 is 1.45. The quantitative estimate of drug-likeness (QED) is 0.850. The molecule has 1 aromatic carbocycles. The van der Waals surface area contributed by atoms with Crippen LogP contribution in [-0.2, 0) is 6.54 Å². The second-order valence-corrected chi connectivity index (χ2v) is 5.21. The van der Waals surface area contributed by atoms with Crippen LogP contribution >= 0.6 is 11.3 Å². The summed E-state index contributed by atoms with van der Waals surface area (Å²) in [6.45, 7) is 2.36. The Balaban J connectivity index is 2.10. The van der Waals surface area contributed by atoms with Gasteiger partial charge in [-0.25, -0.2) is 9.37 Å². The van der Waals surface area contributed by atoms with Crippen LogP contribution in [0.15, 0.2) is 23.6 Å². The van der Waals surface area contributed by atoms with Crippen molar-refractivity contribution in [3.63, 3.8) is 0 Å². The molecule has 0 aliphatic heterocycles. The number of nitrogens with two attached hydrogens (primary N) is 1. The van der Waals surface area contributed by atoms with Crippen molar-refractivity contribution in [3.05, 3.63) is 51.2 Å². The van der Waals surface area contributed by atoms with Crippen molar-refractivity contribution < 1.29 is 9.18 Å². The van der Waals surface area contributed by atoms with E-state index in [1.54, 1.807) is 0 Å². The SMILES string of the molecule is Cc1csc(CNC(=O)c2cc(C#CCN)ccc2F)n1. The first-order valence-corrected chi connectivity index (χ1v) is 7.16. The van der Waals surface area contributed by atoms with Crippen molar-refractivity contribution in [2.24, 2.45) is 5.73 Å². The third-order valence-electron chi connectivity index (χ3n) is 2.61. The second kappa shape index (κ2) is 6.97. The third-order valence-corrected chi connectivity index (χ3v) is 3.58. The van der Waals surface area contributed by atoms with Gasteiger partial charge in [0.2, 0.25) is 0 Å². The van der Waals surface area contributed by atoms with Crippen molar-refractivity contribution in [3.8, 4) is 11.8 Å². The molecule has 0 fully saturated rings. The fourth-order valence-electron chi connectivity index (χ4n) is 1.67. The highest BCUT2D eigenvalue weighted by atomic mass is 32.1. The van der Waals surface area contributed by atoms with Crippen LogP contribution in [0.2, 0.25) is 0 Å². The van der Waals surface area contributed by atoms with Crippen LogP contribution < -0.4 is 11.1 Å². The predicted octanol–water partition coefficient (Wildman–Crippen LogP) is 1.83. The zero-order chi connectivity index (χ0) is 15.2. The Hall–Kier alpha value is -2.23. The number of hydrogen-bond acceptors (Lipinski definition) is 4. The smallest absolute Gasteiger partial charge is 0.254 e. The van der Waals surface area contributed by atoms with Crippen LogP contribution in [-0.4, -0.2) is 17.4 Å². The van der Waals surface area contributed by atoms with E-state index in [1.807, 2.05) is 12.3 Å². The van der Waals surface area contributed by atoms with Gasteiger partial charge in [0.1, 0.15) is 10.8 Å². The molecule has 1 amide bonds. The van der Waals surface area contributed by atoms with Crippen LogP contribution in [0.5, 0.6) is 0 Å². The number of carbonyl (C=O) groups is 1. The number of nitrogens with one attached hydrogen (secondary N) is 1. The number of aryl methyl sites for hydroxylation is 1. The van der Waals surface area contributed by atoms with E-state index in [0.717, 1.165) is 10.7 Å². The zero-order valence-electron chi connectivity index (χ0n) is 11.4. The lowest BCUT2D eigenvalue weighted by molar-refractivity contribution is 0.0947. The molecule has 2 aromatic rings. The minimum atomic E-state index is -0.582. The van der Waals surface area contributed by atoms with Crippen molar-refractivity contribution in [2.75, 3.05) is 6.54 Å². The summed E-state index contributed by atoms with van der Waals surface area (Å²) in [6, 6.07) is 4.16. The molecule has 0 saturated carbocycles. The van der Waals surface area contributed by atoms with Crippen LogP contribution in [0.4, 0.5) is 4.39 Å². The number of aromatic nitrogens is 1. The number of halogens is 1. The molecule has 0 spiro atoms. The summed E-state index contributed by atoms with van der Waals surface area (Å²) in [4.78, 5) is 16.3. The molecule has 0 atom stereocenters. The summed E-state index contributed by atoms with van der Waals surface area (Å²) in [5.74, 6) is 4.37. The fraction of sp³-hybridized carbons (Fsp3) is 0.200. The van der Waals surface area contributed by atoms with E-state index in [2.05, 4.69) is 22.1 Å². The zero-order valence-corrected chi connectivity index (χ0v) is 12.3. The van der Waals surface area contributed by atoms with Gasteiger partial charge in [-0.15, -0.1) is 11.3 Å². The maximum Gasteiger partial charge on any atom is 0.254 e. The van der Waals surface area contributed by atoms with E-state index in [9.17, 15) is 9.18 Å². The number of benzene rings is 1. The molecule has 6 heteroatoms. The Labute approximate surface area is 126 Å². The monoisotopic (exact) mass is 303 g/mol. The largest absolute Gasteiger partial charge is 0.345 e. The average Bonchev–Trinajstić information content (AvgIpc) is 2.89. The van der Waals surface area contributed by atoms with Gasteiger partial charge in [0.05, 0.1) is 18.7 Å².